The van der Waals surface area contributed by atoms with E-state index in [2.05, 4.69) is 15.1 Å². The van der Waals surface area contributed by atoms with Gasteiger partial charge < -0.3 is 9.52 Å². The monoisotopic (exact) mass is 216 g/mol. The van der Waals surface area contributed by atoms with E-state index in [1.54, 1.807) is 17.1 Å². The van der Waals surface area contributed by atoms with Crippen molar-refractivity contribution in [2.24, 2.45) is 7.05 Å². The van der Waals surface area contributed by atoms with Gasteiger partial charge in [0, 0.05) is 19.3 Å². The third-order valence-electron chi connectivity index (χ3n) is 2.18. The number of nitrogens with zero attached hydrogens (tertiary/aromatic N) is 4. The Bertz CT molecular complexity index is 656. The van der Waals surface area contributed by atoms with Gasteiger partial charge in [-0.15, -0.1) is 0 Å². The minimum atomic E-state index is 0.0681. The van der Waals surface area contributed by atoms with Crippen molar-refractivity contribution in [1.82, 2.24) is 19.7 Å². The average Bonchev–Trinajstić information content (AvgIpc) is 2.83. The van der Waals surface area contributed by atoms with Crippen LogP contribution in [0.15, 0.2) is 29.1 Å². The summed E-state index contributed by atoms with van der Waals surface area (Å²) in [6.45, 7) is 0. The highest BCUT2D eigenvalue weighted by atomic mass is 16.4. The Labute approximate surface area is 90.2 Å². The van der Waals surface area contributed by atoms with Crippen molar-refractivity contribution in [3.8, 4) is 17.2 Å². The quantitative estimate of drug-likeness (QED) is 0.664. The zero-order chi connectivity index (χ0) is 11.1. The molecule has 0 fully saturated rings. The summed E-state index contributed by atoms with van der Waals surface area (Å²) in [5.74, 6) is 0.514. The van der Waals surface area contributed by atoms with E-state index in [4.69, 9.17) is 4.42 Å². The second-order valence-electron chi connectivity index (χ2n) is 3.44. The molecule has 0 aliphatic carbocycles. The molecule has 0 saturated carbocycles. The molecule has 3 rings (SSSR count). The van der Waals surface area contributed by atoms with E-state index in [1.807, 2.05) is 7.05 Å². The second kappa shape index (κ2) is 3.06. The Balaban J connectivity index is 2.18. The van der Waals surface area contributed by atoms with E-state index in [-0.39, 0.29) is 5.75 Å². The van der Waals surface area contributed by atoms with Gasteiger partial charge in [-0.25, -0.2) is 9.97 Å². The number of oxazole rings is 1. The first-order chi connectivity index (χ1) is 7.72. The maximum atomic E-state index is 9.25. The van der Waals surface area contributed by atoms with Crippen LogP contribution < -0.4 is 0 Å². The molecule has 0 aliphatic heterocycles. The smallest absolute Gasteiger partial charge is 0.247 e. The molecule has 3 heterocycles. The lowest BCUT2D eigenvalue weighted by atomic mass is 10.4. The molecule has 0 aliphatic rings. The standard InChI is InChI=1S/C10H8N4O2/c1-14-5-6(3-12-14)9-13-8-2-7(15)4-11-10(8)16-9/h2-5,15H,1H3. The third-order valence-corrected chi connectivity index (χ3v) is 2.18. The van der Waals surface area contributed by atoms with Crippen molar-refractivity contribution >= 4 is 11.2 Å². The van der Waals surface area contributed by atoms with Crippen LogP contribution in [0.4, 0.5) is 0 Å². The number of aryl methyl sites for hydroxylation is 1. The molecule has 6 heteroatoms. The summed E-state index contributed by atoms with van der Waals surface area (Å²) in [5.41, 5.74) is 1.70. The van der Waals surface area contributed by atoms with Crippen LogP contribution in [0.5, 0.6) is 5.75 Å². The van der Waals surface area contributed by atoms with Gasteiger partial charge in [-0.2, -0.15) is 5.10 Å². The van der Waals surface area contributed by atoms with Gasteiger partial charge in [0.25, 0.3) is 0 Å². The average molecular weight is 216 g/mol. The molecule has 6 nitrogen and oxygen atoms in total. The molecule has 0 unspecified atom stereocenters. The summed E-state index contributed by atoms with van der Waals surface area (Å²) in [7, 11) is 1.82. The summed E-state index contributed by atoms with van der Waals surface area (Å²) in [6.07, 6.45) is 4.77. The number of hydrogen-bond donors (Lipinski definition) is 1. The fraction of sp³-hybridized carbons (Fsp3) is 0.100. The zero-order valence-electron chi connectivity index (χ0n) is 8.45. The number of hydrogen-bond acceptors (Lipinski definition) is 5. The highest BCUT2D eigenvalue weighted by molar-refractivity contribution is 5.73. The van der Waals surface area contributed by atoms with Crippen molar-refractivity contribution in [2.45, 2.75) is 0 Å². The summed E-state index contributed by atoms with van der Waals surface area (Å²) in [5, 5.41) is 13.3. The molecule has 0 radical (unpaired) electrons. The van der Waals surface area contributed by atoms with Gasteiger partial charge in [0.15, 0.2) is 0 Å². The molecule has 16 heavy (non-hydrogen) atoms. The van der Waals surface area contributed by atoms with E-state index in [1.165, 1.54) is 12.3 Å². The van der Waals surface area contributed by atoms with E-state index in [9.17, 15) is 5.11 Å². The van der Waals surface area contributed by atoms with E-state index >= 15 is 0 Å². The molecule has 1 N–H and O–H groups in total. The number of rotatable bonds is 1. The summed E-state index contributed by atoms with van der Waals surface area (Å²) >= 11 is 0. The largest absolute Gasteiger partial charge is 0.506 e. The van der Waals surface area contributed by atoms with E-state index in [0.29, 0.717) is 17.1 Å². The molecule has 80 valence electrons. The summed E-state index contributed by atoms with van der Waals surface area (Å²) in [4.78, 5) is 8.14. The SMILES string of the molecule is Cn1cc(-c2nc3cc(O)cnc3o2)cn1. The van der Waals surface area contributed by atoms with E-state index < -0.39 is 0 Å². The van der Waals surface area contributed by atoms with Crippen LogP contribution in [-0.2, 0) is 7.05 Å². The number of aromatic nitrogens is 4. The summed E-state index contributed by atoms with van der Waals surface area (Å²) < 4.78 is 7.10. The molecule has 0 bridgehead atoms. The Hall–Kier alpha value is -2.37. The van der Waals surface area contributed by atoms with E-state index in [0.717, 1.165) is 5.56 Å². The highest BCUT2D eigenvalue weighted by Crippen LogP contribution is 2.24. The number of pyridine rings is 1. The van der Waals surface area contributed by atoms with Crippen molar-refractivity contribution in [2.75, 3.05) is 0 Å². The van der Waals surface area contributed by atoms with Crippen molar-refractivity contribution in [1.29, 1.82) is 0 Å². The summed E-state index contributed by atoms with van der Waals surface area (Å²) in [6, 6.07) is 1.51. The van der Waals surface area contributed by atoms with Gasteiger partial charge in [-0.1, -0.05) is 0 Å². The van der Waals surface area contributed by atoms with Crippen molar-refractivity contribution < 1.29 is 9.52 Å². The van der Waals surface area contributed by atoms with Crippen LogP contribution in [-0.4, -0.2) is 24.9 Å². The lowest BCUT2D eigenvalue weighted by Crippen LogP contribution is -1.84. The normalized spacial score (nSPS) is 11.1. The highest BCUT2D eigenvalue weighted by Gasteiger charge is 2.10. The first kappa shape index (κ1) is 8.90. The lowest BCUT2D eigenvalue weighted by molar-refractivity contribution is 0.473. The Morgan fingerprint density at radius 3 is 3.00 bits per heavy atom. The zero-order valence-corrected chi connectivity index (χ0v) is 8.45. The fourth-order valence-electron chi connectivity index (χ4n) is 1.47. The minimum Gasteiger partial charge on any atom is -0.506 e. The van der Waals surface area contributed by atoms with Gasteiger partial charge in [0.05, 0.1) is 18.0 Å². The maximum Gasteiger partial charge on any atom is 0.247 e. The van der Waals surface area contributed by atoms with Crippen LogP contribution in [0.3, 0.4) is 0 Å². The topological polar surface area (TPSA) is 77.0 Å². The van der Waals surface area contributed by atoms with Gasteiger partial charge in [-0.3, -0.25) is 4.68 Å². The molecule has 3 aromatic rings. The lowest BCUT2D eigenvalue weighted by Gasteiger charge is -1.86. The van der Waals surface area contributed by atoms with Crippen LogP contribution in [0.2, 0.25) is 0 Å². The van der Waals surface area contributed by atoms with Gasteiger partial charge >= 0.3 is 0 Å². The van der Waals surface area contributed by atoms with Crippen LogP contribution >= 0.6 is 0 Å². The Kier molecular flexibility index (Phi) is 1.70. The first-order valence-corrected chi connectivity index (χ1v) is 4.67. The van der Waals surface area contributed by atoms with Gasteiger partial charge in [0.2, 0.25) is 11.6 Å². The predicted molar refractivity (Wildman–Crippen MR) is 55.7 cm³/mol. The molecule has 0 aromatic carbocycles. The van der Waals surface area contributed by atoms with Crippen LogP contribution in [0, 0.1) is 0 Å². The van der Waals surface area contributed by atoms with Gasteiger partial charge in [-0.05, 0) is 0 Å². The Morgan fingerprint density at radius 2 is 2.25 bits per heavy atom. The molecule has 0 spiro atoms. The number of fused-ring (bicyclic) bond motifs is 1. The number of aromatic hydroxyl groups is 1. The van der Waals surface area contributed by atoms with Crippen molar-refractivity contribution in [3.63, 3.8) is 0 Å². The third kappa shape index (κ3) is 1.31. The second-order valence-corrected chi connectivity index (χ2v) is 3.44. The van der Waals surface area contributed by atoms with Gasteiger partial charge in [0.1, 0.15) is 11.3 Å². The van der Waals surface area contributed by atoms with Crippen molar-refractivity contribution in [3.05, 3.63) is 24.7 Å². The van der Waals surface area contributed by atoms with Crippen LogP contribution in [0.1, 0.15) is 0 Å². The molecular formula is C10H8N4O2. The molecule has 0 amide bonds. The molecular weight excluding hydrogens is 208 g/mol. The molecule has 3 aromatic heterocycles. The fourth-order valence-corrected chi connectivity index (χ4v) is 1.47. The predicted octanol–water partition coefficient (Wildman–Crippen LogP) is 1.33. The molecule has 0 saturated heterocycles. The molecule has 0 atom stereocenters. The first-order valence-electron chi connectivity index (χ1n) is 4.67. The van der Waals surface area contributed by atoms with Crippen LogP contribution in [0.25, 0.3) is 22.7 Å². The maximum absolute atomic E-state index is 9.25. The Morgan fingerprint density at radius 1 is 1.38 bits per heavy atom. The minimum absolute atomic E-state index is 0.0681.